The lowest BCUT2D eigenvalue weighted by Gasteiger charge is -2.20. The first kappa shape index (κ1) is 21.4. The molecule has 27 heavy (non-hydrogen) atoms. The van der Waals surface area contributed by atoms with E-state index in [0.29, 0.717) is 44.1 Å². The Hall–Kier alpha value is -1.87. The van der Waals surface area contributed by atoms with Crippen LogP contribution in [0.25, 0.3) is 0 Å². The molecule has 0 aromatic heterocycles. The molecule has 1 aromatic carbocycles. The summed E-state index contributed by atoms with van der Waals surface area (Å²) < 4.78 is 51.3. The molecule has 1 saturated heterocycles. The van der Waals surface area contributed by atoms with Crippen molar-refractivity contribution in [2.24, 2.45) is 4.99 Å². The summed E-state index contributed by atoms with van der Waals surface area (Å²) in [4.78, 5) is 7.41. The minimum atomic E-state index is -4.18. The summed E-state index contributed by atoms with van der Waals surface area (Å²) in [5.41, 5.74) is 1.52. The molecule has 5 nitrogen and oxygen atoms in total. The highest BCUT2D eigenvalue weighted by molar-refractivity contribution is 5.80. The standard InChI is InChI=1S/C18H27F4N5/c1-23-17(25-15-6-7-27(11-15)12-18(20,21)22)24-9-13-4-5-16(19)14(8-13)10-26(2)3/h4-5,8,15H,6-7,9-12H2,1-3H3,(H2,23,24,25). The van der Waals surface area contributed by atoms with Gasteiger partial charge in [-0.2, -0.15) is 13.2 Å². The van der Waals surface area contributed by atoms with Crippen molar-refractivity contribution in [2.75, 3.05) is 40.8 Å². The van der Waals surface area contributed by atoms with Gasteiger partial charge in [0.2, 0.25) is 0 Å². The Balaban J connectivity index is 1.86. The fourth-order valence-electron chi connectivity index (χ4n) is 3.12. The lowest BCUT2D eigenvalue weighted by Crippen LogP contribution is -2.44. The minimum Gasteiger partial charge on any atom is -0.352 e. The van der Waals surface area contributed by atoms with Crippen LogP contribution < -0.4 is 10.6 Å². The molecule has 1 unspecified atom stereocenters. The predicted molar refractivity (Wildman–Crippen MR) is 98.0 cm³/mol. The average molecular weight is 389 g/mol. The molecule has 0 spiro atoms. The Morgan fingerprint density at radius 2 is 2.07 bits per heavy atom. The van der Waals surface area contributed by atoms with Crippen molar-refractivity contribution in [3.8, 4) is 0 Å². The lowest BCUT2D eigenvalue weighted by atomic mass is 10.1. The zero-order valence-corrected chi connectivity index (χ0v) is 15.9. The number of aliphatic imine (C=N–C) groups is 1. The number of likely N-dealkylation sites (tertiary alicyclic amines) is 1. The van der Waals surface area contributed by atoms with Gasteiger partial charge >= 0.3 is 6.18 Å². The first-order chi connectivity index (χ1) is 12.7. The molecular formula is C18H27F4N5. The molecule has 1 aliphatic heterocycles. The number of nitrogens with zero attached hydrogens (tertiary/aromatic N) is 3. The quantitative estimate of drug-likeness (QED) is 0.445. The first-order valence-electron chi connectivity index (χ1n) is 8.84. The van der Waals surface area contributed by atoms with E-state index in [1.807, 2.05) is 19.0 Å². The van der Waals surface area contributed by atoms with Crippen LogP contribution in [0.5, 0.6) is 0 Å². The normalized spacial score (nSPS) is 19.0. The number of alkyl halides is 3. The van der Waals surface area contributed by atoms with Crippen molar-refractivity contribution < 1.29 is 17.6 Å². The number of nitrogens with one attached hydrogen (secondary N) is 2. The van der Waals surface area contributed by atoms with Crippen LogP contribution >= 0.6 is 0 Å². The second-order valence-electron chi connectivity index (χ2n) is 7.07. The topological polar surface area (TPSA) is 42.9 Å². The van der Waals surface area contributed by atoms with Crippen LogP contribution in [0.2, 0.25) is 0 Å². The fraction of sp³-hybridized carbons (Fsp3) is 0.611. The third-order valence-electron chi connectivity index (χ3n) is 4.30. The number of hydrogen-bond donors (Lipinski definition) is 2. The molecule has 2 N–H and O–H groups in total. The predicted octanol–water partition coefficient (Wildman–Crippen LogP) is 2.19. The Morgan fingerprint density at radius 3 is 2.70 bits per heavy atom. The molecule has 1 aliphatic rings. The van der Waals surface area contributed by atoms with Gasteiger partial charge in [0.25, 0.3) is 0 Å². The highest BCUT2D eigenvalue weighted by atomic mass is 19.4. The molecule has 152 valence electrons. The minimum absolute atomic E-state index is 0.0870. The largest absolute Gasteiger partial charge is 0.401 e. The fourth-order valence-corrected chi connectivity index (χ4v) is 3.12. The monoisotopic (exact) mass is 389 g/mol. The molecule has 0 bridgehead atoms. The molecular weight excluding hydrogens is 362 g/mol. The van der Waals surface area contributed by atoms with Crippen LogP contribution in [-0.2, 0) is 13.1 Å². The van der Waals surface area contributed by atoms with Crippen molar-refractivity contribution in [3.05, 3.63) is 35.1 Å². The average Bonchev–Trinajstić information content (AvgIpc) is 2.98. The van der Waals surface area contributed by atoms with Gasteiger partial charge in [-0.1, -0.05) is 6.07 Å². The number of halogens is 4. The summed E-state index contributed by atoms with van der Waals surface area (Å²) >= 11 is 0. The van der Waals surface area contributed by atoms with E-state index in [1.54, 1.807) is 19.2 Å². The van der Waals surface area contributed by atoms with Gasteiger partial charge in [-0.3, -0.25) is 9.89 Å². The molecule has 1 heterocycles. The van der Waals surface area contributed by atoms with Crippen LogP contribution in [0, 0.1) is 5.82 Å². The first-order valence-corrected chi connectivity index (χ1v) is 8.84. The van der Waals surface area contributed by atoms with Gasteiger partial charge in [0.15, 0.2) is 5.96 Å². The van der Waals surface area contributed by atoms with Gasteiger partial charge in [-0.25, -0.2) is 4.39 Å². The molecule has 2 rings (SSSR count). The van der Waals surface area contributed by atoms with Crippen molar-refractivity contribution >= 4 is 5.96 Å². The second-order valence-corrected chi connectivity index (χ2v) is 7.07. The van der Waals surface area contributed by atoms with E-state index in [0.717, 1.165) is 5.56 Å². The summed E-state index contributed by atoms with van der Waals surface area (Å²) in [6, 6.07) is 4.86. The molecule has 9 heteroatoms. The van der Waals surface area contributed by atoms with Crippen LogP contribution in [0.1, 0.15) is 17.5 Å². The Labute approximate surface area is 157 Å². The van der Waals surface area contributed by atoms with Crippen molar-refractivity contribution in [2.45, 2.75) is 31.7 Å². The Morgan fingerprint density at radius 1 is 1.33 bits per heavy atom. The maximum atomic E-state index is 13.9. The maximum Gasteiger partial charge on any atom is 0.401 e. The number of rotatable bonds is 6. The summed E-state index contributed by atoms with van der Waals surface area (Å²) in [5, 5.41) is 6.30. The van der Waals surface area contributed by atoms with Gasteiger partial charge in [0, 0.05) is 44.8 Å². The second kappa shape index (κ2) is 9.36. The van der Waals surface area contributed by atoms with Gasteiger partial charge < -0.3 is 15.5 Å². The molecule has 0 amide bonds. The third-order valence-corrected chi connectivity index (χ3v) is 4.30. The van der Waals surface area contributed by atoms with Gasteiger partial charge in [-0.05, 0) is 38.2 Å². The van der Waals surface area contributed by atoms with Gasteiger partial charge in [0.1, 0.15) is 5.82 Å². The molecule has 0 saturated carbocycles. The van der Waals surface area contributed by atoms with E-state index in [4.69, 9.17) is 0 Å². The van der Waals surface area contributed by atoms with Crippen LogP contribution in [0.4, 0.5) is 17.6 Å². The van der Waals surface area contributed by atoms with Crippen LogP contribution in [0.15, 0.2) is 23.2 Å². The van der Waals surface area contributed by atoms with Crippen molar-refractivity contribution in [1.82, 2.24) is 20.4 Å². The molecule has 1 fully saturated rings. The highest BCUT2D eigenvalue weighted by Gasteiger charge is 2.34. The van der Waals surface area contributed by atoms with Gasteiger partial charge in [0.05, 0.1) is 6.54 Å². The van der Waals surface area contributed by atoms with E-state index in [-0.39, 0.29) is 11.9 Å². The van der Waals surface area contributed by atoms with Gasteiger partial charge in [-0.15, -0.1) is 0 Å². The van der Waals surface area contributed by atoms with E-state index in [1.165, 1.54) is 11.0 Å². The maximum absolute atomic E-state index is 13.9. The van der Waals surface area contributed by atoms with E-state index >= 15 is 0 Å². The molecule has 0 aliphatic carbocycles. The number of hydrogen-bond acceptors (Lipinski definition) is 3. The number of benzene rings is 1. The number of guanidine groups is 1. The third kappa shape index (κ3) is 7.34. The van der Waals surface area contributed by atoms with E-state index in [9.17, 15) is 17.6 Å². The smallest absolute Gasteiger partial charge is 0.352 e. The zero-order chi connectivity index (χ0) is 20.0. The Kier molecular flexibility index (Phi) is 7.43. The molecule has 1 aromatic rings. The summed E-state index contributed by atoms with van der Waals surface area (Å²) in [7, 11) is 5.36. The van der Waals surface area contributed by atoms with Crippen LogP contribution in [0.3, 0.4) is 0 Å². The van der Waals surface area contributed by atoms with E-state index < -0.39 is 12.7 Å². The lowest BCUT2D eigenvalue weighted by molar-refractivity contribution is -0.143. The molecule has 1 atom stereocenters. The Bertz CT molecular complexity index is 645. The molecule has 0 radical (unpaired) electrons. The highest BCUT2D eigenvalue weighted by Crippen LogP contribution is 2.20. The van der Waals surface area contributed by atoms with Crippen molar-refractivity contribution in [3.63, 3.8) is 0 Å². The summed E-state index contributed by atoms with van der Waals surface area (Å²) in [5.74, 6) is 0.276. The SMILES string of the molecule is CN=C(NCc1ccc(F)c(CN(C)C)c1)NC1CCN(CC(F)(F)F)C1. The summed E-state index contributed by atoms with van der Waals surface area (Å²) in [6.07, 6.45) is -3.55. The summed E-state index contributed by atoms with van der Waals surface area (Å²) in [6.45, 7) is 0.786. The van der Waals surface area contributed by atoms with E-state index in [2.05, 4.69) is 15.6 Å². The zero-order valence-electron chi connectivity index (χ0n) is 15.9. The van der Waals surface area contributed by atoms with Crippen molar-refractivity contribution in [1.29, 1.82) is 0 Å². The van der Waals surface area contributed by atoms with Crippen LogP contribution in [-0.4, -0.2) is 68.8 Å².